The molecule has 1 heterocycles. The SMILES string of the molecule is CCCCOc1ccc(-c2nc3cc(NCCCNCCCCNCCCN)c(F)cc3c(=O)[nH]2)cc1. The van der Waals surface area contributed by atoms with Gasteiger partial charge in [-0.3, -0.25) is 4.79 Å². The molecule has 0 amide bonds. The van der Waals surface area contributed by atoms with Crippen LogP contribution in [0, 0.1) is 5.82 Å². The van der Waals surface area contributed by atoms with E-state index in [1.54, 1.807) is 6.07 Å². The summed E-state index contributed by atoms with van der Waals surface area (Å²) < 4.78 is 20.3. The molecule has 1 aromatic heterocycles. The lowest BCUT2D eigenvalue weighted by atomic mass is 10.1. The first-order valence-electron chi connectivity index (χ1n) is 13.4. The van der Waals surface area contributed by atoms with E-state index >= 15 is 0 Å². The van der Waals surface area contributed by atoms with Gasteiger partial charge in [0.15, 0.2) is 0 Å². The van der Waals surface area contributed by atoms with Gasteiger partial charge in [-0.05, 0) is 101 Å². The van der Waals surface area contributed by atoms with E-state index in [2.05, 4.69) is 32.8 Å². The molecular formula is C28H41FN6O2. The molecule has 0 aliphatic heterocycles. The van der Waals surface area contributed by atoms with Crippen molar-refractivity contribution >= 4 is 16.6 Å². The number of rotatable bonds is 18. The van der Waals surface area contributed by atoms with E-state index in [-0.39, 0.29) is 10.9 Å². The van der Waals surface area contributed by atoms with E-state index in [0.717, 1.165) is 82.6 Å². The van der Waals surface area contributed by atoms with Crippen LogP contribution in [-0.4, -0.2) is 55.8 Å². The Labute approximate surface area is 218 Å². The Kier molecular flexibility index (Phi) is 12.3. The highest BCUT2D eigenvalue weighted by atomic mass is 19.1. The van der Waals surface area contributed by atoms with E-state index in [0.29, 0.717) is 30.2 Å². The van der Waals surface area contributed by atoms with Crippen LogP contribution in [0.1, 0.15) is 45.4 Å². The van der Waals surface area contributed by atoms with Gasteiger partial charge in [0.25, 0.3) is 5.56 Å². The molecule has 0 spiro atoms. The van der Waals surface area contributed by atoms with Crippen LogP contribution in [0.2, 0.25) is 0 Å². The van der Waals surface area contributed by atoms with Gasteiger partial charge in [0, 0.05) is 12.1 Å². The van der Waals surface area contributed by atoms with Gasteiger partial charge in [-0.1, -0.05) is 13.3 Å². The lowest BCUT2D eigenvalue weighted by molar-refractivity contribution is 0.309. The number of ether oxygens (including phenoxy) is 1. The van der Waals surface area contributed by atoms with Crippen molar-refractivity contribution in [1.29, 1.82) is 0 Å². The molecule has 6 N–H and O–H groups in total. The summed E-state index contributed by atoms with van der Waals surface area (Å²) in [6.45, 7) is 7.94. The first-order chi connectivity index (χ1) is 18.1. The topological polar surface area (TPSA) is 117 Å². The molecule has 9 heteroatoms. The van der Waals surface area contributed by atoms with Crippen LogP contribution in [0.25, 0.3) is 22.3 Å². The van der Waals surface area contributed by atoms with Gasteiger partial charge < -0.3 is 31.4 Å². The summed E-state index contributed by atoms with van der Waals surface area (Å²) in [6.07, 6.45) is 6.18. The Bertz CT molecular complexity index is 1140. The summed E-state index contributed by atoms with van der Waals surface area (Å²) in [6, 6.07) is 10.3. The fourth-order valence-electron chi connectivity index (χ4n) is 3.89. The Morgan fingerprint density at radius 2 is 1.65 bits per heavy atom. The van der Waals surface area contributed by atoms with E-state index in [1.807, 2.05) is 24.3 Å². The number of H-pyrrole nitrogens is 1. The number of aromatic nitrogens is 2. The van der Waals surface area contributed by atoms with Crippen molar-refractivity contribution in [3.8, 4) is 17.1 Å². The summed E-state index contributed by atoms with van der Waals surface area (Å²) in [7, 11) is 0. The maximum absolute atomic E-state index is 14.6. The van der Waals surface area contributed by atoms with Gasteiger partial charge in [0.1, 0.15) is 17.4 Å². The third-order valence-corrected chi connectivity index (χ3v) is 6.05. The van der Waals surface area contributed by atoms with Gasteiger partial charge >= 0.3 is 0 Å². The third kappa shape index (κ3) is 9.42. The van der Waals surface area contributed by atoms with Crippen molar-refractivity contribution in [2.45, 2.75) is 45.4 Å². The van der Waals surface area contributed by atoms with Gasteiger partial charge in [0.05, 0.1) is 23.2 Å². The lowest BCUT2D eigenvalue weighted by Crippen LogP contribution is -2.22. The molecule has 0 aliphatic carbocycles. The molecule has 0 bridgehead atoms. The molecule has 0 aliphatic rings. The molecule has 8 nitrogen and oxygen atoms in total. The van der Waals surface area contributed by atoms with Crippen molar-refractivity contribution in [2.24, 2.45) is 5.73 Å². The fourth-order valence-corrected chi connectivity index (χ4v) is 3.89. The average molecular weight is 513 g/mol. The molecule has 2 aromatic carbocycles. The van der Waals surface area contributed by atoms with E-state index in [1.165, 1.54) is 6.07 Å². The highest BCUT2D eigenvalue weighted by Gasteiger charge is 2.11. The van der Waals surface area contributed by atoms with E-state index < -0.39 is 5.82 Å². The Hall–Kier alpha value is -3.01. The van der Waals surface area contributed by atoms with Crippen LogP contribution in [-0.2, 0) is 0 Å². The number of nitrogens with two attached hydrogens (primary N) is 1. The zero-order valence-electron chi connectivity index (χ0n) is 21.9. The van der Waals surface area contributed by atoms with Crippen LogP contribution < -0.4 is 32.0 Å². The second kappa shape index (κ2) is 16.0. The number of benzene rings is 2. The molecule has 0 saturated heterocycles. The summed E-state index contributed by atoms with van der Waals surface area (Å²) in [5, 5.41) is 10.2. The Morgan fingerprint density at radius 1 is 0.946 bits per heavy atom. The minimum absolute atomic E-state index is 0.227. The Balaban J connectivity index is 1.50. The lowest BCUT2D eigenvalue weighted by Gasteiger charge is -2.11. The number of fused-ring (bicyclic) bond motifs is 1. The van der Waals surface area contributed by atoms with Crippen molar-refractivity contribution in [1.82, 2.24) is 20.6 Å². The molecule has 3 aromatic rings. The predicted molar refractivity (Wildman–Crippen MR) is 150 cm³/mol. The maximum atomic E-state index is 14.6. The second-order valence-corrected chi connectivity index (χ2v) is 9.12. The summed E-state index contributed by atoms with van der Waals surface area (Å²) in [5.41, 5.74) is 6.66. The zero-order valence-corrected chi connectivity index (χ0v) is 21.9. The average Bonchev–Trinajstić information content (AvgIpc) is 2.90. The van der Waals surface area contributed by atoms with Crippen molar-refractivity contribution < 1.29 is 9.13 Å². The molecule has 202 valence electrons. The van der Waals surface area contributed by atoms with Gasteiger partial charge in [-0.2, -0.15) is 0 Å². The number of anilines is 1. The quantitative estimate of drug-likeness (QED) is 0.163. The number of unbranched alkanes of at least 4 members (excludes halogenated alkanes) is 2. The third-order valence-electron chi connectivity index (χ3n) is 6.05. The number of hydrogen-bond acceptors (Lipinski definition) is 7. The number of aromatic amines is 1. The minimum Gasteiger partial charge on any atom is -0.494 e. The normalized spacial score (nSPS) is 11.2. The van der Waals surface area contributed by atoms with Gasteiger partial charge in [0.2, 0.25) is 0 Å². The smallest absolute Gasteiger partial charge is 0.259 e. The molecule has 37 heavy (non-hydrogen) atoms. The van der Waals surface area contributed by atoms with Crippen LogP contribution in [0.3, 0.4) is 0 Å². The van der Waals surface area contributed by atoms with Gasteiger partial charge in [-0.15, -0.1) is 0 Å². The molecular weight excluding hydrogens is 471 g/mol. The van der Waals surface area contributed by atoms with Crippen LogP contribution in [0.5, 0.6) is 5.75 Å². The Morgan fingerprint density at radius 3 is 2.35 bits per heavy atom. The molecule has 3 rings (SSSR count). The summed E-state index contributed by atoms with van der Waals surface area (Å²) in [5.74, 6) is 0.754. The molecule has 0 radical (unpaired) electrons. The molecule has 0 fully saturated rings. The predicted octanol–water partition coefficient (Wildman–Crippen LogP) is 4.02. The monoisotopic (exact) mass is 512 g/mol. The zero-order chi connectivity index (χ0) is 26.3. The maximum Gasteiger partial charge on any atom is 0.259 e. The van der Waals surface area contributed by atoms with Crippen molar-refractivity contribution in [2.75, 3.05) is 51.2 Å². The van der Waals surface area contributed by atoms with Crippen LogP contribution in [0.15, 0.2) is 41.2 Å². The molecule has 0 atom stereocenters. The summed E-state index contributed by atoms with van der Waals surface area (Å²) >= 11 is 0. The first kappa shape index (κ1) is 28.6. The number of hydrogen-bond donors (Lipinski definition) is 5. The molecule has 0 unspecified atom stereocenters. The fraction of sp³-hybridized carbons (Fsp3) is 0.500. The van der Waals surface area contributed by atoms with E-state index in [9.17, 15) is 9.18 Å². The minimum atomic E-state index is -0.462. The summed E-state index contributed by atoms with van der Waals surface area (Å²) in [4.78, 5) is 20.0. The largest absolute Gasteiger partial charge is 0.494 e. The van der Waals surface area contributed by atoms with Crippen LogP contribution >= 0.6 is 0 Å². The highest BCUT2D eigenvalue weighted by molar-refractivity contribution is 5.83. The van der Waals surface area contributed by atoms with Crippen LogP contribution in [0.4, 0.5) is 10.1 Å². The number of halogens is 1. The van der Waals surface area contributed by atoms with Crippen molar-refractivity contribution in [3.63, 3.8) is 0 Å². The standard InChI is InChI=1S/C28H41FN6O2/c1-2-3-18-37-22-10-8-21(9-11-22)27-34-25-20-26(24(29)19-23(25)28(36)35-27)33-17-7-16-32-14-5-4-13-31-15-6-12-30/h8-11,19-20,31-33H,2-7,12-18,30H2,1H3,(H,34,35,36). The van der Waals surface area contributed by atoms with E-state index in [4.69, 9.17) is 10.5 Å². The van der Waals surface area contributed by atoms with Gasteiger partial charge in [-0.25, -0.2) is 9.37 Å². The first-order valence-corrected chi connectivity index (χ1v) is 13.4. The van der Waals surface area contributed by atoms with Crippen molar-refractivity contribution in [3.05, 3.63) is 52.6 Å². The second-order valence-electron chi connectivity index (χ2n) is 9.12. The number of nitrogens with one attached hydrogen (secondary N) is 4. The highest BCUT2D eigenvalue weighted by Crippen LogP contribution is 2.23. The molecule has 0 saturated carbocycles. The number of nitrogens with zero attached hydrogens (tertiary/aromatic N) is 1.